The fourth-order valence-corrected chi connectivity index (χ4v) is 3.20. The van der Waals surface area contributed by atoms with E-state index in [2.05, 4.69) is 10.3 Å². The van der Waals surface area contributed by atoms with Gasteiger partial charge >= 0.3 is 5.69 Å². The normalized spacial score (nSPS) is 16.6. The Bertz CT molecular complexity index is 901. The molecule has 0 aliphatic heterocycles. The molecule has 24 heavy (non-hydrogen) atoms. The second-order valence-electron chi connectivity index (χ2n) is 6.46. The first kappa shape index (κ1) is 16.4. The minimum atomic E-state index is -0.827. The molecule has 0 unspecified atom stereocenters. The highest BCUT2D eigenvalue weighted by molar-refractivity contribution is 5.78. The van der Waals surface area contributed by atoms with Crippen molar-refractivity contribution in [2.24, 2.45) is 14.1 Å². The standard InChI is InChI=1S/C15H21N5O4/c1-18-12-11(13(22)19(2)14(18)23)20(9-17-12)7-10(21)16-8-15(24)5-3-4-6-15/h9,24H,3-8H2,1-2H3,(H,16,21). The van der Waals surface area contributed by atoms with Gasteiger partial charge in [0.1, 0.15) is 6.54 Å². The molecule has 0 atom stereocenters. The average Bonchev–Trinajstić information content (AvgIpc) is 3.16. The summed E-state index contributed by atoms with van der Waals surface area (Å²) in [6.45, 7) is 0.106. The van der Waals surface area contributed by atoms with E-state index in [0.717, 1.165) is 17.4 Å². The van der Waals surface area contributed by atoms with E-state index in [1.807, 2.05) is 0 Å². The van der Waals surface area contributed by atoms with Crippen LogP contribution in [0.4, 0.5) is 0 Å². The molecule has 9 nitrogen and oxygen atoms in total. The number of aromatic nitrogens is 4. The summed E-state index contributed by atoms with van der Waals surface area (Å²) in [5, 5.41) is 13.0. The molecule has 0 spiro atoms. The quantitative estimate of drug-likeness (QED) is 0.733. The lowest BCUT2D eigenvalue weighted by atomic mass is 10.0. The molecule has 0 bridgehead atoms. The zero-order chi connectivity index (χ0) is 17.5. The molecule has 130 valence electrons. The molecule has 0 saturated heterocycles. The van der Waals surface area contributed by atoms with E-state index in [4.69, 9.17) is 0 Å². The van der Waals surface area contributed by atoms with Crippen molar-refractivity contribution in [3.8, 4) is 0 Å². The minimum Gasteiger partial charge on any atom is -0.388 e. The van der Waals surface area contributed by atoms with Crippen LogP contribution in [-0.4, -0.2) is 41.8 Å². The highest BCUT2D eigenvalue weighted by atomic mass is 16.3. The van der Waals surface area contributed by atoms with Crippen molar-refractivity contribution in [1.82, 2.24) is 24.0 Å². The number of hydrogen-bond acceptors (Lipinski definition) is 5. The lowest BCUT2D eigenvalue weighted by molar-refractivity contribution is -0.122. The van der Waals surface area contributed by atoms with Crippen LogP contribution in [0.1, 0.15) is 25.7 Å². The van der Waals surface area contributed by atoms with Crippen molar-refractivity contribution >= 4 is 17.1 Å². The van der Waals surface area contributed by atoms with E-state index in [0.29, 0.717) is 12.8 Å². The number of nitrogens with one attached hydrogen (secondary N) is 1. The molecule has 1 fully saturated rings. The van der Waals surface area contributed by atoms with Gasteiger partial charge in [-0.05, 0) is 12.8 Å². The molecule has 3 rings (SSSR count). The number of carbonyl (C=O) groups excluding carboxylic acids is 1. The van der Waals surface area contributed by atoms with Gasteiger partial charge in [-0.15, -0.1) is 0 Å². The molecule has 1 saturated carbocycles. The number of hydrogen-bond donors (Lipinski definition) is 2. The van der Waals surface area contributed by atoms with Crippen LogP contribution in [0.3, 0.4) is 0 Å². The number of amides is 1. The molecule has 2 aromatic rings. The number of nitrogens with zero attached hydrogens (tertiary/aromatic N) is 4. The predicted molar refractivity (Wildman–Crippen MR) is 86.6 cm³/mol. The molecule has 2 heterocycles. The summed E-state index contributed by atoms with van der Waals surface area (Å²) in [5.74, 6) is -0.314. The van der Waals surface area contributed by atoms with Crippen LogP contribution in [0.15, 0.2) is 15.9 Å². The van der Waals surface area contributed by atoms with Gasteiger partial charge in [0.25, 0.3) is 5.56 Å². The number of fused-ring (bicyclic) bond motifs is 1. The first-order valence-corrected chi connectivity index (χ1v) is 7.92. The molecule has 1 aliphatic carbocycles. The van der Waals surface area contributed by atoms with E-state index < -0.39 is 16.9 Å². The third kappa shape index (κ3) is 2.75. The fourth-order valence-electron chi connectivity index (χ4n) is 3.20. The summed E-state index contributed by atoms with van der Waals surface area (Å²) >= 11 is 0. The van der Waals surface area contributed by atoms with E-state index in [9.17, 15) is 19.5 Å². The molecule has 0 radical (unpaired) electrons. The summed E-state index contributed by atoms with van der Waals surface area (Å²) in [5.41, 5.74) is -1.34. The maximum absolute atomic E-state index is 12.3. The molecule has 2 aromatic heterocycles. The van der Waals surface area contributed by atoms with Gasteiger partial charge in [-0.3, -0.25) is 18.7 Å². The number of rotatable bonds is 4. The Morgan fingerprint density at radius 1 is 1.29 bits per heavy atom. The van der Waals surface area contributed by atoms with Crippen molar-refractivity contribution in [2.45, 2.75) is 37.8 Å². The van der Waals surface area contributed by atoms with Gasteiger partial charge < -0.3 is 15.0 Å². The number of aryl methyl sites for hydroxylation is 1. The second-order valence-corrected chi connectivity index (χ2v) is 6.46. The van der Waals surface area contributed by atoms with Gasteiger partial charge in [0.05, 0.1) is 11.9 Å². The van der Waals surface area contributed by atoms with Crippen molar-refractivity contribution in [2.75, 3.05) is 6.54 Å². The molecule has 2 N–H and O–H groups in total. The Hall–Kier alpha value is -2.42. The lowest BCUT2D eigenvalue weighted by Gasteiger charge is -2.22. The molecule has 1 amide bonds. The predicted octanol–water partition coefficient (Wildman–Crippen LogP) is -1.14. The molecule has 9 heteroatoms. The number of carbonyl (C=O) groups is 1. The van der Waals surface area contributed by atoms with Crippen LogP contribution < -0.4 is 16.6 Å². The zero-order valence-electron chi connectivity index (χ0n) is 13.8. The van der Waals surface area contributed by atoms with Crippen molar-refractivity contribution in [1.29, 1.82) is 0 Å². The summed E-state index contributed by atoms with van der Waals surface area (Å²) in [6.07, 6.45) is 4.66. The minimum absolute atomic E-state index is 0.0972. The topological polar surface area (TPSA) is 111 Å². The van der Waals surface area contributed by atoms with E-state index in [1.54, 1.807) is 0 Å². The Morgan fingerprint density at radius 2 is 1.96 bits per heavy atom. The van der Waals surface area contributed by atoms with Crippen LogP contribution in [0.5, 0.6) is 0 Å². The lowest BCUT2D eigenvalue weighted by Crippen LogP contribution is -2.42. The molecule has 0 aromatic carbocycles. The summed E-state index contributed by atoms with van der Waals surface area (Å²) in [7, 11) is 2.91. The molecular formula is C15H21N5O4. The van der Waals surface area contributed by atoms with Gasteiger partial charge in [0.15, 0.2) is 11.2 Å². The molecular weight excluding hydrogens is 314 g/mol. The summed E-state index contributed by atoms with van der Waals surface area (Å²) in [4.78, 5) is 40.4. The smallest absolute Gasteiger partial charge is 0.332 e. The fraction of sp³-hybridized carbons (Fsp3) is 0.600. The van der Waals surface area contributed by atoms with Crippen LogP contribution >= 0.6 is 0 Å². The van der Waals surface area contributed by atoms with Gasteiger partial charge in [-0.25, -0.2) is 9.78 Å². The highest BCUT2D eigenvalue weighted by Gasteiger charge is 2.31. The number of aliphatic hydroxyl groups is 1. The van der Waals surface area contributed by atoms with E-state index in [-0.39, 0.29) is 30.2 Å². The van der Waals surface area contributed by atoms with E-state index in [1.165, 1.54) is 29.6 Å². The van der Waals surface area contributed by atoms with Crippen molar-refractivity contribution in [3.05, 3.63) is 27.2 Å². The molecule has 1 aliphatic rings. The summed E-state index contributed by atoms with van der Waals surface area (Å²) < 4.78 is 3.68. The van der Waals surface area contributed by atoms with Gasteiger partial charge in [-0.2, -0.15) is 0 Å². The van der Waals surface area contributed by atoms with Crippen molar-refractivity contribution in [3.63, 3.8) is 0 Å². The SMILES string of the molecule is Cn1c(=O)c2c(ncn2CC(=O)NCC2(O)CCCC2)n(C)c1=O. The van der Waals surface area contributed by atoms with Crippen molar-refractivity contribution < 1.29 is 9.90 Å². The Labute approximate surface area is 137 Å². The van der Waals surface area contributed by atoms with Crippen LogP contribution in [-0.2, 0) is 25.4 Å². The Morgan fingerprint density at radius 3 is 2.62 bits per heavy atom. The van der Waals surface area contributed by atoms with Gasteiger partial charge in [-0.1, -0.05) is 12.8 Å². The Kier molecular flexibility index (Phi) is 4.04. The third-order valence-electron chi connectivity index (χ3n) is 4.68. The maximum Gasteiger partial charge on any atom is 0.332 e. The number of imidazole rings is 1. The largest absolute Gasteiger partial charge is 0.388 e. The van der Waals surface area contributed by atoms with Crippen LogP contribution in [0.25, 0.3) is 11.2 Å². The van der Waals surface area contributed by atoms with Crippen LogP contribution in [0.2, 0.25) is 0 Å². The highest BCUT2D eigenvalue weighted by Crippen LogP contribution is 2.28. The first-order valence-electron chi connectivity index (χ1n) is 7.92. The summed E-state index contributed by atoms with van der Waals surface area (Å²) in [6, 6.07) is 0. The second kappa shape index (κ2) is 5.90. The van der Waals surface area contributed by atoms with Crippen LogP contribution in [0, 0.1) is 0 Å². The third-order valence-corrected chi connectivity index (χ3v) is 4.68. The van der Waals surface area contributed by atoms with E-state index >= 15 is 0 Å². The average molecular weight is 335 g/mol. The van der Waals surface area contributed by atoms with Gasteiger partial charge in [0, 0.05) is 20.6 Å². The monoisotopic (exact) mass is 335 g/mol. The maximum atomic E-state index is 12.3. The first-order chi connectivity index (χ1) is 11.3. The zero-order valence-corrected chi connectivity index (χ0v) is 13.8. The van der Waals surface area contributed by atoms with Gasteiger partial charge in [0.2, 0.25) is 5.91 Å². The Balaban J connectivity index is 1.82.